The quantitative estimate of drug-likeness (QED) is 0.648. The summed E-state index contributed by atoms with van der Waals surface area (Å²) in [5.41, 5.74) is 1.97. The van der Waals surface area contributed by atoms with Crippen molar-refractivity contribution in [2.24, 2.45) is 0 Å². The molecule has 158 valence electrons. The summed E-state index contributed by atoms with van der Waals surface area (Å²) in [5, 5.41) is 14.5. The average Bonchev–Trinajstić information content (AvgIpc) is 3.12. The lowest BCUT2D eigenvalue weighted by molar-refractivity contribution is -0.142. The molecule has 0 radical (unpaired) electrons. The van der Waals surface area contributed by atoms with Crippen LogP contribution < -0.4 is 15.4 Å². The van der Waals surface area contributed by atoms with Crippen LogP contribution in [-0.4, -0.2) is 53.7 Å². The molecule has 2 N–H and O–H groups in total. The molecule has 29 heavy (non-hydrogen) atoms. The molecule has 0 bridgehead atoms. The summed E-state index contributed by atoms with van der Waals surface area (Å²) >= 11 is 0. The molecule has 2 heterocycles. The Morgan fingerprint density at radius 2 is 2.07 bits per heavy atom. The van der Waals surface area contributed by atoms with Gasteiger partial charge in [-0.3, -0.25) is 4.79 Å². The third-order valence-electron chi connectivity index (χ3n) is 4.73. The van der Waals surface area contributed by atoms with Crippen LogP contribution in [0.1, 0.15) is 40.6 Å². The number of hydrogen-bond acceptors (Lipinski definition) is 7. The molecule has 9 nitrogen and oxygen atoms in total. The van der Waals surface area contributed by atoms with E-state index in [-0.39, 0.29) is 31.0 Å². The van der Waals surface area contributed by atoms with Gasteiger partial charge in [0.05, 0.1) is 18.8 Å². The van der Waals surface area contributed by atoms with Gasteiger partial charge in [0.1, 0.15) is 5.75 Å². The molecule has 1 fully saturated rings. The molecule has 1 aliphatic heterocycles. The van der Waals surface area contributed by atoms with Gasteiger partial charge in [-0.1, -0.05) is 17.3 Å². The highest BCUT2D eigenvalue weighted by Crippen LogP contribution is 2.20. The van der Waals surface area contributed by atoms with Crippen LogP contribution in [0, 0.1) is 6.92 Å². The summed E-state index contributed by atoms with van der Waals surface area (Å²) in [5.74, 6) is -0.185. The van der Waals surface area contributed by atoms with Crippen molar-refractivity contribution in [1.82, 2.24) is 25.6 Å². The van der Waals surface area contributed by atoms with E-state index >= 15 is 0 Å². The fourth-order valence-electron chi connectivity index (χ4n) is 3.16. The molecule has 0 spiro atoms. The van der Waals surface area contributed by atoms with E-state index in [1.165, 1.54) is 7.11 Å². The molecule has 1 saturated heterocycles. The van der Waals surface area contributed by atoms with E-state index in [9.17, 15) is 9.59 Å². The summed E-state index contributed by atoms with van der Waals surface area (Å²) in [6, 6.07) is 7.45. The van der Waals surface area contributed by atoms with Crippen LogP contribution in [-0.2, 0) is 16.1 Å². The van der Waals surface area contributed by atoms with Crippen LogP contribution in [0.25, 0.3) is 0 Å². The third kappa shape index (κ3) is 5.91. The minimum Gasteiger partial charge on any atom is -0.482 e. The van der Waals surface area contributed by atoms with E-state index in [2.05, 4.69) is 25.7 Å². The van der Waals surface area contributed by atoms with Crippen LogP contribution >= 0.6 is 12.4 Å². The highest BCUT2D eigenvalue weighted by Gasteiger charge is 2.22. The zero-order valence-electron chi connectivity index (χ0n) is 16.5. The zero-order chi connectivity index (χ0) is 19.9. The molecular weight excluding hydrogens is 398 g/mol. The number of piperidine rings is 1. The molecule has 3 rings (SSSR count). The van der Waals surface area contributed by atoms with E-state index < -0.39 is 5.97 Å². The zero-order valence-corrected chi connectivity index (χ0v) is 17.3. The maximum absolute atomic E-state index is 12.5. The monoisotopic (exact) mass is 423 g/mol. The lowest BCUT2D eigenvalue weighted by Gasteiger charge is -2.23. The second kappa shape index (κ2) is 10.8. The SMILES string of the molecule is COC(=O)COc1cccc(CNC(=O)c2nnn(C3CCNCC3)c2C)c1.Cl. The van der Waals surface area contributed by atoms with Gasteiger partial charge < -0.3 is 20.1 Å². The van der Waals surface area contributed by atoms with E-state index in [1.54, 1.807) is 18.2 Å². The summed E-state index contributed by atoms with van der Waals surface area (Å²) < 4.78 is 11.8. The van der Waals surface area contributed by atoms with Crippen molar-refractivity contribution in [2.75, 3.05) is 26.8 Å². The van der Waals surface area contributed by atoms with Crippen molar-refractivity contribution < 1.29 is 19.1 Å². The Bertz CT molecular complexity index is 836. The number of benzene rings is 1. The number of nitrogens with one attached hydrogen (secondary N) is 2. The Hall–Kier alpha value is -2.65. The number of carbonyl (C=O) groups is 2. The third-order valence-corrected chi connectivity index (χ3v) is 4.73. The van der Waals surface area contributed by atoms with Gasteiger partial charge in [0.2, 0.25) is 0 Å². The topological polar surface area (TPSA) is 107 Å². The van der Waals surface area contributed by atoms with Crippen molar-refractivity contribution >= 4 is 24.3 Å². The lowest BCUT2D eigenvalue weighted by Crippen LogP contribution is -2.30. The fourth-order valence-corrected chi connectivity index (χ4v) is 3.16. The van der Waals surface area contributed by atoms with Crippen molar-refractivity contribution in [3.05, 3.63) is 41.2 Å². The summed E-state index contributed by atoms with van der Waals surface area (Å²) in [6.45, 7) is 3.91. The largest absolute Gasteiger partial charge is 0.482 e. The highest BCUT2D eigenvalue weighted by atomic mass is 35.5. The second-order valence-corrected chi connectivity index (χ2v) is 6.64. The van der Waals surface area contributed by atoms with E-state index in [0.29, 0.717) is 18.0 Å². The van der Waals surface area contributed by atoms with Crippen LogP contribution in [0.5, 0.6) is 5.75 Å². The summed E-state index contributed by atoms with van der Waals surface area (Å²) in [6.07, 6.45) is 1.95. The normalized spacial score (nSPS) is 14.0. The maximum Gasteiger partial charge on any atom is 0.343 e. The Kier molecular flexibility index (Phi) is 8.41. The summed E-state index contributed by atoms with van der Waals surface area (Å²) in [4.78, 5) is 23.7. The Balaban J connectivity index is 0.00000300. The van der Waals surface area contributed by atoms with Gasteiger partial charge in [-0.05, 0) is 50.6 Å². The van der Waals surface area contributed by atoms with Crippen molar-refractivity contribution in [3.63, 3.8) is 0 Å². The number of nitrogens with zero attached hydrogens (tertiary/aromatic N) is 3. The van der Waals surface area contributed by atoms with Gasteiger partial charge in [-0.25, -0.2) is 9.48 Å². The number of methoxy groups -OCH3 is 1. The number of amides is 1. The molecule has 0 aliphatic carbocycles. The number of halogens is 1. The Labute approximate surface area is 175 Å². The first-order valence-corrected chi connectivity index (χ1v) is 9.27. The number of aromatic nitrogens is 3. The van der Waals surface area contributed by atoms with Gasteiger partial charge in [-0.2, -0.15) is 0 Å². The van der Waals surface area contributed by atoms with Gasteiger partial charge in [0, 0.05) is 6.54 Å². The van der Waals surface area contributed by atoms with Gasteiger partial charge in [0.15, 0.2) is 12.3 Å². The van der Waals surface area contributed by atoms with Crippen molar-refractivity contribution in [2.45, 2.75) is 32.4 Å². The Morgan fingerprint density at radius 3 is 2.79 bits per heavy atom. The predicted molar refractivity (Wildman–Crippen MR) is 108 cm³/mol. The molecule has 0 atom stereocenters. The number of ether oxygens (including phenoxy) is 2. The Morgan fingerprint density at radius 1 is 1.31 bits per heavy atom. The minimum absolute atomic E-state index is 0. The first-order chi connectivity index (χ1) is 13.6. The number of hydrogen-bond donors (Lipinski definition) is 2. The first kappa shape index (κ1) is 22.6. The van der Waals surface area contributed by atoms with Crippen LogP contribution in [0.2, 0.25) is 0 Å². The van der Waals surface area contributed by atoms with Gasteiger partial charge in [0.25, 0.3) is 5.91 Å². The van der Waals surface area contributed by atoms with E-state index in [4.69, 9.17) is 4.74 Å². The van der Waals surface area contributed by atoms with Gasteiger partial charge >= 0.3 is 5.97 Å². The van der Waals surface area contributed by atoms with E-state index in [0.717, 1.165) is 37.2 Å². The van der Waals surface area contributed by atoms with E-state index in [1.807, 2.05) is 17.7 Å². The molecular formula is C19H26ClN5O4. The predicted octanol–water partition coefficient (Wildman–Crippen LogP) is 1.41. The molecule has 10 heteroatoms. The van der Waals surface area contributed by atoms with Crippen LogP contribution in [0.15, 0.2) is 24.3 Å². The highest BCUT2D eigenvalue weighted by molar-refractivity contribution is 5.93. The molecule has 1 aliphatic rings. The van der Waals surface area contributed by atoms with Crippen molar-refractivity contribution in [3.8, 4) is 5.75 Å². The van der Waals surface area contributed by atoms with Gasteiger partial charge in [-0.15, -0.1) is 17.5 Å². The number of rotatable bonds is 7. The standard InChI is InChI=1S/C19H25N5O4.ClH/c1-13-18(22-23-24(13)15-6-8-20-9-7-15)19(26)21-11-14-4-3-5-16(10-14)28-12-17(25)27-2;/h3-5,10,15,20H,6-9,11-12H2,1-2H3,(H,21,26);1H. The lowest BCUT2D eigenvalue weighted by atomic mass is 10.1. The molecule has 0 saturated carbocycles. The molecule has 0 unspecified atom stereocenters. The first-order valence-electron chi connectivity index (χ1n) is 9.27. The van der Waals surface area contributed by atoms with Crippen LogP contribution in [0.4, 0.5) is 0 Å². The molecule has 1 aromatic carbocycles. The summed E-state index contributed by atoms with van der Waals surface area (Å²) in [7, 11) is 1.31. The second-order valence-electron chi connectivity index (χ2n) is 6.64. The number of carbonyl (C=O) groups excluding carboxylic acids is 2. The van der Waals surface area contributed by atoms with Crippen LogP contribution in [0.3, 0.4) is 0 Å². The fraction of sp³-hybridized carbons (Fsp3) is 0.474. The maximum atomic E-state index is 12.5. The smallest absolute Gasteiger partial charge is 0.343 e. The molecule has 2 aromatic rings. The number of esters is 1. The molecule has 1 amide bonds. The molecule has 1 aromatic heterocycles. The average molecular weight is 424 g/mol. The van der Waals surface area contributed by atoms with Crippen molar-refractivity contribution in [1.29, 1.82) is 0 Å². The minimum atomic E-state index is -0.453.